The first-order chi connectivity index (χ1) is 15.0. The molecule has 8 nitrogen and oxygen atoms in total. The van der Waals surface area contributed by atoms with Crippen LogP contribution in [0.1, 0.15) is 53.3 Å². The lowest BCUT2D eigenvalue weighted by molar-refractivity contribution is -0.149. The summed E-state index contributed by atoms with van der Waals surface area (Å²) in [5.74, 6) is -0.204. The summed E-state index contributed by atoms with van der Waals surface area (Å²) in [5, 5.41) is 2.94. The molecule has 3 rings (SSSR count). The standard InChI is InChI=1S/C23H27N3O5/c1-2-30-23(29)16-10-8-15(9-11-16)14-26-21(28)19-7-4-12-25-22(19)31-18-6-3-5-17(13-18)20(24)27/h3-7,12-13,15-16H,2,8-11,14H2,1H3,(H2,24,27)(H,26,28). The van der Waals surface area contributed by atoms with E-state index in [0.717, 1.165) is 25.7 Å². The summed E-state index contributed by atoms with van der Waals surface area (Å²) in [5.41, 5.74) is 5.91. The summed E-state index contributed by atoms with van der Waals surface area (Å²) in [6, 6.07) is 9.67. The van der Waals surface area contributed by atoms with Crippen molar-refractivity contribution in [3.8, 4) is 11.6 Å². The first-order valence-electron chi connectivity index (χ1n) is 10.5. The lowest BCUT2D eigenvalue weighted by atomic mass is 9.82. The summed E-state index contributed by atoms with van der Waals surface area (Å²) in [4.78, 5) is 40.1. The van der Waals surface area contributed by atoms with Crippen LogP contribution in [0.4, 0.5) is 0 Å². The zero-order valence-corrected chi connectivity index (χ0v) is 17.5. The van der Waals surface area contributed by atoms with Gasteiger partial charge < -0.3 is 20.5 Å². The quantitative estimate of drug-likeness (QED) is 0.627. The van der Waals surface area contributed by atoms with Crippen LogP contribution in [0.2, 0.25) is 0 Å². The molecule has 1 heterocycles. The Kier molecular flexibility index (Phi) is 7.59. The molecule has 0 radical (unpaired) electrons. The van der Waals surface area contributed by atoms with Crippen molar-refractivity contribution < 1.29 is 23.9 Å². The summed E-state index contributed by atoms with van der Waals surface area (Å²) < 4.78 is 10.8. The fourth-order valence-electron chi connectivity index (χ4n) is 3.66. The Bertz CT molecular complexity index is 938. The fraction of sp³-hybridized carbons (Fsp3) is 0.391. The van der Waals surface area contributed by atoms with E-state index >= 15 is 0 Å². The summed E-state index contributed by atoms with van der Waals surface area (Å²) in [6.45, 7) is 2.72. The average molecular weight is 425 g/mol. The lowest BCUT2D eigenvalue weighted by Gasteiger charge is -2.27. The number of nitrogens with one attached hydrogen (secondary N) is 1. The largest absolute Gasteiger partial charge is 0.466 e. The molecule has 1 aliphatic rings. The van der Waals surface area contributed by atoms with E-state index in [-0.39, 0.29) is 23.7 Å². The number of esters is 1. The molecule has 1 fully saturated rings. The van der Waals surface area contributed by atoms with E-state index in [1.54, 1.807) is 30.3 Å². The van der Waals surface area contributed by atoms with Crippen LogP contribution in [0, 0.1) is 11.8 Å². The number of primary amides is 1. The topological polar surface area (TPSA) is 121 Å². The molecule has 2 amide bonds. The number of nitrogens with two attached hydrogens (primary N) is 1. The number of hydrogen-bond donors (Lipinski definition) is 2. The van der Waals surface area contributed by atoms with Gasteiger partial charge in [-0.3, -0.25) is 14.4 Å². The maximum Gasteiger partial charge on any atom is 0.308 e. The molecule has 0 spiro atoms. The predicted octanol–water partition coefficient (Wildman–Crippen LogP) is 3.07. The molecule has 0 saturated heterocycles. The van der Waals surface area contributed by atoms with Gasteiger partial charge >= 0.3 is 5.97 Å². The van der Waals surface area contributed by atoms with Gasteiger partial charge in [0.05, 0.1) is 12.5 Å². The molecule has 164 valence electrons. The van der Waals surface area contributed by atoms with Gasteiger partial charge in [-0.1, -0.05) is 6.07 Å². The second-order valence-corrected chi connectivity index (χ2v) is 7.53. The SMILES string of the molecule is CCOC(=O)C1CCC(CNC(=O)c2cccnc2Oc2cccc(C(N)=O)c2)CC1. The Morgan fingerprint density at radius 3 is 2.61 bits per heavy atom. The second-order valence-electron chi connectivity index (χ2n) is 7.53. The number of ether oxygens (including phenoxy) is 2. The van der Waals surface area contributed by atoms with Crippen molar-refractivity contribution in [2.45, 2.75) is 32.6 Å². The molecule has 0 bridgehead atoms. The highest BCUT2D eigenvalue weighted by Crippen LogP contribution is 2.29. The van der Waals surface area contributed by atoms with E-state index in [2.05, 4.69) is 10.3 Å². The molecule has 1 saturated carbocycles. The first kappa shape index (κ1) is 22.3. The molecule has 0 unspecified atom stereocenters. The molecule has 31 heavy (non-hydrogen) atoms. The van der Waals surface area contributed by atoms with E-state index in [4.69, 9.17) is 15.2 Å². The number of amides is 2. The number of hydrogen-bond acceptors (Lipinski definition) is 6. The smallest absolute Gasteiger partial charge is 0.308 e. The van der Waals surface area contributed by atoms with Crippen LogP contribution < -0.4 is 15.8 Å². The zero-order valence-electron chi connectivity index (χ0n) is 17.5. The number of carbonyl (C=O) groups is 3. The Balaban J connectivity index is 1.58. The van der Waals surface area contributed by atoms with E-state index in [1.807, 2.05) is 6.92 Å². The Morgan fingerprint density at radius 2 is 1.90 bits per heavy atom. The summed E-state index contributed by atoms with van der Waals surface area (Å²) in [6.07, 6.45) is 4.80. The van der Waals surface area contributed by atoms with Crippen molar-refractivity contribution in [2.75, 3.05) is 13.2 Å². The molecule has 8 heteroatoms. The average Bonchev–Trinajstić information content (AvgIpc) is 2.78. The van der Waals surface area contributed by atoms with Crippen LogP contribution in [0.15, 0.2) is 42.6 Å². The highest BCUT2D eigenvalue weighted by molar-refractivity contribution is 5.96. The van der Waals surface area contributed by atoms with Crippen LogP contribution in [0.3, 0.4) is 0 Å². The van der Waals surface area contributed by atoms with Gasteiger partial charge in [0.25, 0.3) is 5.91 Å². The van der Waals surface area contributed by atoms with Crippen LogP contribution in [-0.2, 0) is 9.53 Å². The van der Waals surface area contributed by atoms with Crippen molar-refractivity contribution in [1.82, 2.24) is 10.3 Å². The number of benzene rings is 1. The van der Waals surface area contributed by atoms with Gasteiger partial charge in [0.2, 0.25) is 11.8 Å². The molecule has 0 aliphatic heterocycles. The molecule has 1 aromatic carbocycles. The number of carbonyl (C=O) groups excluding carboxylic acids is 3. The predicted molar refractivity (Wildman–Crippen MR) is 114 cm³/mol. The number of aromatic nitrogens is 1. The van der Waals surface area contributed by atoms with Gasteiger partial charge in [-0.15, -0.1) is 0 Å². The monoisotopic (exact) mass is 425 g/mol. The van der Waals surface area contributed by atoms with Gasteiger partial charge in [0, 0.05) is 18.3 Å². The third-order valence-electron chi connectivity index (χ3n) is 5.37. The van der Waals surface area contributed by atoms with E-state index in [1.165, 1.54) is 12.3 Å². The number of nitrogens with zero attached hydrogens (tertiary/aromatic N) is 1. The minimum absolute atomic E-state index is 0.0404. The van der Waals surface area contributed by atoms with Gasteiger partial charge in [0.15, 0.2) is 0 Å². The molecule has 1 aromatic heterocycles. The van der Waals surface area contributed by atoms with E-state index < -0.39 is 5.91 Å². The minimum atomic E-state index is -0.567. The fourth-order valence-corrected chi connectivity index (χ4v) is 3.66. The maximum atomic E-state index is 12.8. The number of pyridine rings is 1. The Labute approximate surface area is 181 Å². The first-order valence-corrected chi connectivity index (χ1v) is 10.5. The molecule has 2 aromatic rings. The van der Waals surface area contributed by atoms with Crippen molar-refractivity contribution >= 4 is 17.8 Å². The highest BCUT2D eigenvalue weighted by atomic mass is 16.5. The minimum Gasteiger partial charge on any atom is -0.466 e. The van der Waals surface area contributed by atoms with Gasteiger partial charge in [0.1, 0.15) is 11.3 Å². The molecule has 0 atom stereocenters. The third kappa shape index (κ3) is 6.04. The Hall–Kier alpha value is -3.42. The zero-order chi connectivity index (χ0) is 22.2. The number of rotatable bonds is 8. The molecular weight excluding hydrogens is 398 g/mol. The van der Waals surface area contributed by atoms with E-state index in [0.29, 0.717) is 35.9 Å². The second kappa shape index (κ2) is 10.6. The summed E-state index contributed by atoms with van der Waals surface area (Å²) >= 11 is 0. The Morgan fingerprint density at radius 1 is 1.13 bits per heavy atom. The molecule has 1 aliphatic carbocycles. The van der Waals surface area contributed by atoms with Crippen LogP contribution in [0.5, 0.6) is 11.6 Å². The summed E-state index contributed by atoms with van der Waals surface area (Å²) in [7, 11) is 0. The van der Waals surface area contributed by atoms with Gasteiger partial charge in [-0.2, -0.15) is 0 Å². The molecule has 3 N–H and O–H groups in total. The van der Waals surface area contributed by atoms with Crippen molar-refractivity contribution in [3.63, 3.8) is 0 Å². The van der Waals surface area contributed by atoms with Crippen LogP contribution >= 0.6 is 0 Å². The normalized spacial score (nSPS) is 18.1. The van der Waals surface area contributed by atoms with Crippen molar-refractivity contribution in [1.29, 1.82) is 0 Å². The van der Waals surface area contributed by atoms with Crippen molar-refractivity contribution in [3.05, 3.63) is 53.7 Å². The van der Waals surface area contributed by atoms with Gasteiger partial charge in [-0.05, 0) is 68.9 Å². The van der Waals surface area contributed by atoms with Crippen LogP contribution in [-0.4, -0.2) is 35.9 Å². The third-order valence-corrected chi connectivity index (χ3v) is 5.37. The highest BCUT2D eigenvalue weighted by Gasteiger charge is 2.27. The molecular formula is C23H27N3O5. The van der Waals surface area contributed by atoms with Crippen molar-refractivity contribution in [2.24, 2.45) is 17.6 Å². The lowest BCUT2D eigenvalue weighted by Crippen LogP contribution is -2.33. The van der Waals surface area contributed by atoms with E-state index in [9.17, 15) is 14.4 Å². The maximum absolute atomic E-state index is 12.8. The van der Waals surface area contributed by atoms with Gasteiger partial charge in [-0.25, -0.2) is 4.98 Å². The van der Waals surface area contributed by atoms with Crippen LogP contribution in [0.25, 0.3) is 0 Å².